The van der Waals surface area contributed by atoms with Crippen LogP contribution in [0.4, 0.5) is 13.2 Å². The molecular weight excluding hydrogens is 475 g/mol. The van der Waals surface area contributed by atoms with E-state index in [4.69, 9.17) is 9.15 Å². The fourth-order valence-corrected chi connectivity index (χ4v) is 7.12. The number of rotatable bonds is 6. The van der Waals surface area contributed by atoms with Gasteiger partial charge >= 0.3 is 6.18 Å². The second-order valence-corrected chi connectivity index (χ2v) is 10.8. The standard InChI is InChI=1S/C27H26F3NO3S/c28-27(29,30)22-3-1-6-25-21(22)13-26(35-25)16-11-17-7-8-18(12-16)31(17)14-19(32)15-34-24-5-2-4-23-20(24)9-10-33-23/h1-6,9-10,13,16-19,32H,7-8,11-12,14-15H2/t16?,17?,18?,19-/m0/s1. The molecule has 2 saturated heterocycles. The van der Waals surface area contributed by atoms with Gasteiger partial charge in [-0.2, -0.15) is 13.2 Å². The summed E-state index contributed by atoms with van der Waals surface area (Å²) in [6, 6.07) is 14.3. The molecule has 2 aromatic carbocycles. The maximum atomic E-state index is 13.5. The third kappa shape index (κ3) is 4.32. The normalized spacial score (nSPS) is 23.8. The van der Waals surface area contributed by atoms with E-state index in [9.17, 15) is 18.3 Å². The molecule has 4 heterocycles. The Labute approximate surface area is 204 Å². The zero-order valence-corrected chi connectivity index (χ0v) is 19.8. The number of piperidine rings is 1. The number of alkyl halides is 3. The summed E-state index contributed by atoms with van der Waals surface area (Å²) in [4.78, 5) is 3.43. The highest BCUT2D eigenvalue weighted by Crippen LogP contribution is 2.47. The van der Waals surface area contributed by atoms with Crippen molar-refractivity contribution in [2.75, 3.05) is 13.2 Å². The number of ether oxygens (including phenoxy) is 1. The number of hydrogen-bond acceptors (Lipinski definition) is 5. The molecule has 0 spiro atoms. The van der Waals surface area contributed by atoms with Crippen LogP contribution in [0.15, 0.2) is 59.2 Å². The van der Waals surface area contributed by atoms with Gasteiger partial charge in [0.05, 0.1) is 17.2 Å². The fourth-order valence-electron chi connectivity index (χ4n) is 5.91. The molecule has 35 heavy (non-hydrogen) atoms. The summed E-state index contributed by atoms with van der Waals surface area (Å²) in [5.41, 5.74) is 0.202. The summed E-state index contributed by atoms with van der Waals surface area (Å²) in [7, 11) is 0. The Kier molecular flexibility index (Phi) is 5.78. The van der Waals surface area contributed by atoms with Crippen LogP contribution in [0.5, 0.6) is 5.75 Å². The summed E-state index contributed by atoms with van der Waals surface area (Å²) >= 11 is 1.49. The number of aliphatic hydroxyl groups excluding tert-OH is 1. The minimum absolute atomic E-state index is 0.195. The highest BCUT2D eigenvalue weighted by molar-refractivity contribution is 7.19. The first-order valence-electron chi connectivity index (χ1n) is 12.0. The molecule has 6 rings (SSSR count). The second kappa shape index (κ2) is 8.84. The van der Waals surface area contributed by atoms with Crippen molar-refractivity contribution in [1.29, 1.82) is 0 Å². The third-order valence-electron chi connectivity index (χ3n) is 7.48. The number of nitrogens with zero attached hydrogens (tertiary/aromatic N) is 1. The summed E-state index contributed by atoms with van der Waals surface area (Å²) in [6.07, 6.45) is 0.580. The molecule has 0 aliphatic carbocycles. The Hall–Kier alpha value is -2.55. The van der Waals surface area contributed by atoms with Gasteiger partial charge in [-0.1, -0.05) is 12.1 Å². The molecule has 4 aromatic rings. The van der Waals surface area contributed by atoms with Crippen LogP contribution in [0.2, 0.25) is 0 Å². The first-order chi connectivity index (χ1) is 16.9. The molecular formula is C27H26F3NO3S. The van der Waals surface area contributed by atoms with Crippen LogP contribution in [0, 0.1) is 0 Å². The number of furan rings is 1. The summed E-state index contributed by atoms with van der Waals surface area (Å²) < 4.78 is 52.4. The molecule has 0 amide bonds. The SMILES string of the molecule is O[C@H](COc1cccc2occc12)CN1C2CCC1CC(c1cc3c(C(F)(F)F)cccc3s1)C2. The molecule has 2 aliphatic heterocycles. The molecule has 184 valence electrons. The zero-order chi connectivity index (χ0) is 24.2. The number of fused-ring (bicyclic) bond motifs is 4. The first-order valence-corrected chi connectivity index (χ1v) is 12.8. The fraction of sp³-hybridized carbons (Fsp3) is 0.407. The molecule has 2 unspecified atom stereocenters. The number of halogens is 3. The van der Waals surface area contributed by atoms with E-state index in [0.29, 0.717) is 34.5 Å². The van der Waals surface area contributed by atoms with Crippen LogP contribution in [-0.2, 0) is 6.18 Å². The van der Waals surface area contributed by atoms with Crippen LogP contribution in [0.3, 0.4) is 0 Å². The number of benzene rings is 2. The first kappa shape index (κ1) is 22.9. The van der Waals surface area contributed by atoms with E-state index in [2.05, 4.69) is 4.90 Å². The van der Waals surface area contributed by atoms with Gasteiger partial charge in [-0.25, -0.2) is 0 Å². The van der Waals surface area contributed by atoms with Gasteiger partial charge in [0.1, 0.15) is 24.0 Å². The van der Waals surface area contributed by atoms with Gasteiger partial charge in [0, 0.05) is 33.6 Å². The zero-order valence-electron chi connectivity index (χ0n) is 19.0. The van der Waals surface area contributed by atoms with Gasteiger partial charge in [-0.15, -0.1) is 11.3 Å². The Morgan fingerprint density at radius 1 is 1.06 bits per heavy atom. The number of thiophene rings is 1. The van der Waals surface area contributed by atoms with Gasteiger partial charge in [-0.3, -0.25) is 4.90 Å². The van der Waals surface area contributed by atoms with Crippen molar-refractivity contribution in [3.63, 3.8) is 0 Å². The van der Waals surface area contributed by atoms with Gasteiger partial charge in [0.15, 0.2) is 0 Å². The third-order valence-corrected chi connectivity index (χ3v) is 8.74. The predicted octanol–water partition coefficient (Wildman–Crippen LogP) is 6.82. The van der Waals surface area contributed by atoms with E-state index >= 15 is 0 Å². The number of aliphatic hydroxyl groups is 1. The summed E-state index contributed by atoms with van der Waals surface area (Å²) in [5.74, 6) is 0.953. The highest BCUT2D eigenvalue weighted by Gasteiger charge is 2.42. The van der Waals surface area contributed by atoms with Gasteiger partial charge in [-0.05, 0) is 68.0 Å². The molecule has 0 radical (unpaired) electrons. The van der Waals surface area contributed by atoms with E-state index in [1.54, 1.807) is 18.4 Å². The lowest BCUT2D eigenvalue weighted by molar-refractivity contribution is -0.136. The molecule has 0 saturated carbocycles. The number of hydrogen-bond donors (Lipinski definition) is 1. The van der Waals surface area contributed by atoms with Crippen molar-refractivity contribution in [1.82, 2.24) is 4.90 Å². The molecule has 1 N–H and O–H groups in total. The highest BCUT2D eigenvalue weighted by atomic mass is 32.1. The van der Waals surface area contributed by atoms with Crippen molar-refractivity contribution in [2.45, 2.75) is 56.0 Å². The van der Waals surface area contributed by atoms with Crippen molar-refractivity contribution in [3.8, 4) is 5.75 Å². The molecule has 3 atom stereocenters. The maximum absolute atomic E-state index is 13.5. The molecule has 2 aromatic heterocycles. The van der Waals surface area contributed by atoms with E-state index in [1.807, 2.05) is 24.3 Å². The Balaban J connectivity index is 1.12. The minimum Gasteiger partial charge on any atom is -0.490 e. The predicted molar refractivity (Wildman–Crippen MR) is 130 cm³/mol. The Morgan fingerprint density at radius 3 is 2.60 bits per heavy atom. The molecule has 2 bridgehead atoms. The van der Waals surface area contributed by atoms with Crippen molar-refractivity contribution in [2.24, 2.45) is 0 Å². The molecule has 4 nitrogen and oxygen atoms in total. The van der Waals surface area contributed by atoms with Crippen LogP contribution < -0.4 is 4.74 Å². The van der Waals surface area contributed by atoms with E-state index in [-0.39, 0.29) is 12.5 Å². The smallest absolute Gasteiger partial charge is 0.417 e. The molecule has 2 fully saturated rings. The van der Waals surface area contributed by atoms with Crippen LogP contribution in [0.1, 0.15) is 42.0 Å². The van der Waals surface area contributed by atoms with E-state index < -0.39 is 17.8 Å². The average molecular weight is 502 g/mol. The lowest BCUT2D eigenvalue weighted by Gasteiger charge is -2.39. The van der Waals surface area contributed by atoms with Crippen LogP contribution in [0.25, 0.3) is 21.1 Å². The van der Waals surface area contributed by atoms with Crippen LogP contribution >= 0.6 is 11.3 Å². The van der Waals surface area contributed by atoms with Crippen molar-refractivity contribution < 1.29 is 27.4 Å². The van der Waals surface area contributed by atoms with Gasteiger partial charge in [0.2, 0.25) is 0 Å². The van der Waals surface area contributed by atoms with Gasteiger partial charge < -0.3 is 14.3 Å². The van der Waals surface area contributed by atoms with Crippen molar-refractivity contribution in [3.05, 3.63) is 65.2 Å². The monoisotopic (exact) mass is 501 g/mol. The average Bonchev–Trinajstić information content (AvgIpc) is 3.53. The van der Waals surface area contributed by atoms with Gasteiger partial charge in [0.25, 0.3) is 0 Å². The minimum atomic E-state index is -4.35. The molecule has 2 aliphatic rings. The van der Waals surface area contributed by atoms with Crippen molar-refractivity contribution >= 4 is 32.4 Å². The summed E-state index contributed by atoms with van der Waals surface area (Å²) in [6.45, 7) is 0.730. The van der Waals surface area contributed by atoms with Crippen LogP contribution in [-0.4, -0.2) is 41.3 Å². The lowest BCUT2D eigenvalue weighted by atomic mass is 9.89. The van der Waals surface area contributed by atoms with E-state index in [1.165, 1.54) is 23.5 Å². The summed E-state index contributed by atoms with van der Waals surface area (Å²) in [5, 5.41) is 11.9. The largest absolute Gasteiger partial charge is 0.490 e. The maximum Gasteiger partial charge on any atom is 0.417 e. The topological polar surface area (TPSA) is 45.8 Å². The quantitative estimate of drug-likeness (QED) is 0.315. The Morgan fingerprint density at radius 2 is 1.83 bits per heavy atom. The lowest BCUT2D eigenvalue weighted by Crippen LogP contribution is -2.47. The van der Waals surface area contributed by atoms with E-state index in [0.717, 1.165) is 41.5 Å². The second-order valence-electron chi connectivity index (χ2n) is 9.67. The Bertz CT molecular complexity index is 1330. The molecule has 8 heteroatoms.